The molecule has 0 aromatic carbocycles. The van der Waals surface area contributed by atoms with Gasteiger partial charge in [-0.1, -0.05) is 6.07 Å². The third kappa shape index (κ3) is 1.88. The maximum absolute atomic E-state index is 12.6. The Morgan fingerprint density at radius 3 is 2.75 bits per heavy atom. The van der Waals surface area contributed by atoms with Crippen molar-refractivity contribution in [1.82, 2.24) is 9.38 Å². The molecule has 0 saturated carbocycles. The predicted molar refractivity (Wildman–Crippen MR) is 51.0 cm³/mol. The van der Waals surface area contributed by atoms with Crippen LogP contribution in [-0.4, -0.2) is 22.7 Å². The summed E-state index contributed by atoms with van der Waals surface area (Å²) in [5.41, 5.74) is 0.654. The highest BCUT2D eigenvalue weighted by Gasteiger charge is 2.41. The Bertz CT molecular complexity index is 492. The molecular formula is C10H9F3N2O. The molecule has 6 heteroatoms. The summed E-state index contributed by atoms with van der Waals surface area (Å²) < 4.78 is 43.7. The fraction of sp³-hybridized carbons (Fsp3) is 0.300. The van der Waals surface area contributed by atoms with Crippen LogP contribution in [-0.2, 0) is 4.74 Å². The molecule has 0 saturated heterocycles. The monoisotopic (exact) mass is 230 g/mol. The van der Waals surface area contributed by atoms with Crippen LogP contribution in [0.3, 0.4) is 0 Å². The molecule has 0 radical (unpaired) electrons. The lowest BCUT2D eigenvalue weighted by molar-refractivity contribution is -0.216. The lowest BCUT2D eigenvalue weighted by Crippen LogP contribution is -2.22. The smallest absolute Gasteiger partial charge is 0.367 e. The number of ether oxygens (including phenoxy) is 1. The maximum Gasteiger partial charge on any atom is 0.418 e. The van der Waals surface area contributed by atoms with Crippen LogP contribution in [0.1, 0.15) is 11.7 Å². The van der Waals surface area contributed by atoms with Crippen LogP contribution in [0.4, 0.5) is 13.2 Å². The molecule has 16 heavy (non-hydrogen) atoms. The van der Waals surface area contributed by atoms with Crippen molar-refractivity contribution in [2.24, 2.45) is 0 Å². The van der Waals surface area contributed by atoms with Crippen LogP contribution in [0.15, 0.2) is 30.7 Å². The van der Waals surface area contributed by atoms with E-state index in [0.717, 1.165) is 7.11 Å². The summed E-state index contributed by atoms with van der Waals surface area (Å²) in [6.07, 6.45) is -1.84. The summed E-state index contributed by atoms with van der Waals surface area (Å²) in [5, 5.41) is 0. The highest BCUT2D eigenvalue weighted by molar-refractivity contribution is 5.40. The lowest BCUT2D eigenvalue weighted by Gasteiger charge is -2.18. The second-order valence-electron chi connectivity index (χ2n) is 3.31. The standard InChI is InChI=1S/C10H9F3N2O/c1-16-9(10(11,12)13)7-2-3-8-14-4-5-15(8)6-7/h2-6,9H,1H3. The highest BCUT2D eigenvalue weighted by Crippen LogP contribution is 2.35. The first kappa shape index (κ1) is 10.9. The zero-order chi connectivity index (χ0) is 11.8. The zero-order valence-corrected chi connectivity index (χ0v) is 8.40. The molecule has 1 unspecified atom stereocenters. The van der Waals surface area contributed by atoms with Crippen molar-refractivity contribution in [3.63, 3.8) is 0 Å². The number of methoxy groups -OCH3 is 1. The quantitative estimate of drug-likeness (QED) is 0.792. The van der Waals surface area contributed by atoms with Crippen molar-refractivity contribution in [2.75, 3.05) is 7.11 Å². The van der Waals surface area contributed by atoms with Gasteiger partial charge < -0.3 is 9.14 Å². The Hall–Kier alpha value is -1.56. The van der Waals surface area contributed by atoms with E-state index in [1.165, 1.54) is 28.9 Å². The molecule has 0 aliphatic rings. The first-order chi connectivity index (χ1) is 7.52. The van der Waals surface area contributed by atoms with Crippen LogP contribution >= 0.6 is 0 Å². The second kappa shape index (κ2) is 3.79. The number of fused-ring (bicyclic) bond motifs is 1. The number of nitrogens with zero attached hydrogens (tertiary/aromatic N) is 2. The van der Waals surface area contributed by atoms with Gasteiger partial charge in [-0.05, 0) is 6.07 Å². The topological polar surface area (TPSA) is 26.5 Å². The van der Waals surface area contributed by atoms with Gasteiger partial charge >= 0.3 is 6.18 Å². The summed E-state index contributed by atoms with van der Waals surface area (Å²) in [4.78, 5) is 3.95. The Balaban J connectivity index is 2.45. The third-order valence-corrected chi connectivity index (χ3v) is 2.25. The van der Waals surface area contributed by atoms with Crippen molar-refractivity contribution in [2.45, 2.75) is 12.3 Å². The van der Waals surface area contributed by atoms with Gasteiger partial charge in [-0.2, -0.15) is 13.2 Å². The molecule has 0 aliphatic heterocycles. The fourth-order valence-corrected chi connectivity index (χ4v) is 1.55. The molecule has 0 aliphatic carbocycles. The van der Waals surface area contributed by atoms with Crippen LogP contribution in [0, 0.1) is 0 Å². The molecule has 0 spiro atoms. The average Bonchev–Trinajstić information content (AvgIpc) is 2.63. The molecule has 86 valence electrons. The van der Waals surface area contributed by atoms with Gasteiger partial charge in [0.1, 0.15) is 5.65 Å². The number of rotatable bonds is 2. The third-order valence-electron chi connectivity index (χ3n) is 2.25. The van der Waals surface area contributed by atoms with E-state index in [4.69, 9.17) is 0 Å². The summed E-state index contributed by atoms with van der Waals surface area (Å²) in [5.74, 6) is 0. The van der Waals surface area contributed by atoms with E-state index in [2.05, 4.69) is 9.72 Å². The second-order valence-corrected chi connectivity index (χ2v) is 3.31. The van der Waals surface area contributed by atoms with Gasteiger partial charge in [0.05, 0.1) is 0 Å². The Kier molecular flexibility index (Phi) is 2.59. The van der Waals surface area contributed by atoms with E-state index in [-0.39, 0.29) is 5.56 Å². The predicted octanol–water partition coefficient (Wildman–Crippen LogP) is 2.58. The molecule has 2 heterocycles. The SMILES string of the molecule is COC(c1ccc2nccn2c1)C(F)(F)F. The van der Waals surface area contributed by atoms with Crippen molar-refractivity contribution in [3.8, 4) is 0 Å². The van der Waals surface area contributed by atoms with E-state index in [1.807, 2.05) is 0 Å². The minimum Gasteiger partial charge on any atom is -0.367 e. The van der Waals surface area contributed by atoms with Gasteiger partial charge in [0.2, 0.25) is 0 Å². The normalized spacial score (nSPS) is 14.2. The van der Waals surface area contributed by atoms with Gasteiger partial charge in [-0.3, -0.25) is 0 Å². The molecule has 2 rings (SSSR count). The zero-order valence-electron chi connectivity index (χ0n) is 8.40. The molecule has 0 bridgehead atoms. The van der Waals surface area contributed by atoms with Gasteiger partial charge in [0, 0.05) is 31.3 Å². The van der Waals surface area contributed by atoms with E-state index >= 15 is 0 Å². The number of imidazole rings is 1. The van der Waals surface area contributed by atoms with Crippen molar-refractivity contribution >= 4 is 5.65 Å². The first-order valence-corrected chi connectivity index (χ1v) is 4.54. The molecule has 0 fully saturated rings. The summed E-state index contributed by atoms with van der Waals surface area (Å²) in [7, 11) is 1.04. The number of hydrogen-bond donors (Lipinski definition) is 0. The number of aromatic nitrogens is 2. The van der Waals surface area contributed by atoms with E-state index < -0.39 is 12.3 Å². The molecule has 2 aromatic rings. The highest BCUT2D eigenvalue weighted by atomic mass is 19.4. The summed E-state index contributed by atoms with van der Waals surface area (Å²) >= 11 is 0. The van der Waals surface area contributed by atoms with Crippen molar-refractivity contribution in [1.29, 1.82) is 0 Å². The molecule has 3 nitrogen and oxygen atoms in total. The Morgan fingerprint density at radius 2 is 2.12 bits per heavy atom. The molecule has 0 N–H and O–H groups in total. The van der Waals surface area contributed by atoms with E-state index in [9.17, 15) is 13.2 Å². The van der Waals surface area contributed by atoms with Crippen molar-refractivity contribution < 1.29 is 17.9 Å². The number of pyridine rings is 1. The Labute approximate surface area is 89.5 Å². The van der Waals surface area contributed by atoms with Gasteiger partial charge in [0.15, 0.2) is 6.10 Å². The van der Waals surface area contributed by atoms with Crippen LogP contribution in [0.2, 0.25) is 0 Å². The average molecular weight is 230 g/mol. The largest absolute Gasteiger partial charge is 0.418 e. The van der Waals surface area contributed by atoms with E-state index in [0.29, 0.717) is 5.65 Å². The summed E-state index contributed by atoms with van der Waals surface area (Å²) in [6.45, 7) is 0. The maximum atomic E-state index is 12.6. The van der Waals surface area contributed by atoms with Crippen LogP contribution in [0.5, 0.6) is 0 Å². The summed E-state index contributed by atoms with van der Waals surface area (Å²) in [6, 6.07) is 2.89. The molecule has 0 amide bonds. The number of alkyl halides is 3. The molecular weight excluding hydrogens is 221 g/mol. The molecule has 1 atom stereocenters. The molecule has 2 aromatic heterocycles. The first-order valence-electron chi connectivity index (χ1n) is 4.54. The number of hydrogen-bond acceptors (Lipinski definition) is 2. The fourth-order valence-electron chi connectivity index (χ4n) is 1.55. The minimum absolute atomic E-state index is 0.0560. The number of halogens is 3. The van der Waals surface area contributed by atoms with E-state index in [1.54, 1.807) is 6.20 Å². The van der Waals surface area contributed by atoms with Crippen molar-refractivity contribution in [3.05, 3.63) is 36.3 Å². The van der Waals surface area contributed by atoms with Crippen LogP contribution in [0.25, 0.3) is 5.65 Å². The van der Waals surface area contributed by atoms with Gasteiger partial charge in [0.25, 0.3) is 0 Å². The lowest BCUT2D eigenvalue weighted by atomic mass is 10.1. The van der Waals surface area contributed by atoms with Gasteiger partial charge in [-0.15, -0.1) is 0 Å². The Morgan fingerprint density at radius 1 is 1.38 bits per heavy atom. The van der Waals surface area contributed by atoms with Crippen LogP contribution < -0.4 is 0 Å². The minimum atomic E-state index is -4.41. The van der Waals surface area contributed by atoms with Gasteiger partial charge in [-0.25, -0.2) is 4.98 Å².